The Labute approximate surface area is 429 Å². The van der Waals surface area contributed by atoms with Gasteiger partial charge in [-0.25, -0.2) is 8.78 Å². The number of nitrogens with one attached hydrogen (secondary N) is 2. The van der Waals surface area contributed by atoms with Gasteiger partial charge >= 0.3 is 6.01 Å². The zero-order valence-electron chi connectivity index (χ0n) is 42.1. The van der Waals surface area contributed by atoms with E-state index in [0.717, 1.165) is 101 Å². The number of rotatable bonds is 10. The van der Waals surface area contributed by atoms with E-state index in [1.807, 2.05) is 11.7 Å². The molecule has 16 heteroatoms. The number of hydrogen-bond donors (Lipinski definition) is 3. The molecule has 3 N–H and O–H groups in total. The maximum absolute atomic E-state index is 17.2. The number of terminal acetylenes is 1. The minimum atomic E-state index is -0.712. The fraction of sp³-hybridized carbons (Fsp3) is 0.517. The van der Waals surface area contributed by atoms with Crippen LogP contribution in [0.3, 0.4) is 0 Å². The smallest absolute Gasteiger partial charge is 0.319 e. The molecule has 5 aliphatic heterocycles. The number of hydrogen-bond acceptors (Lipinski definition) is 12. The normalized spacial score (nSPS) is 24.5. The van der Waals surface area contributed by atoms with Crippen molar-refractivity contribution in [2.75, 3.05) is 57.3 Å². The number of halogens is 2. The highest BCUT2D eigenvalue weighted by molar-refractivity contribution is 6.04. The van der Waals surface area contributed by atoms with Crippen molar-refractivity contribution in [2.24, 2.45) is 17.9 Å². The Hall–Kier alpha value is -6.28. The Morgan fingerprint density at radius 3 is 2.38 bits per heavy atom. The number of fused-ring (bicyclic) bond motifs is 5. The number of piperidine rings is 3. The van der Waals surface area contributed by atoms with Crippen LogP contribution in [0.5, 0.6) is 11.8 Å². The van der Waals surface area contributed by atoms with E-state index in [1.165, 1.54) is 68.4 Å². The van der Waals surface area contributed by atoms with Crippen molar-refractivity contribution in [1.29, 1.82) is 0 Å². The average molecular weight is 1000 g/mol. The Balaban J connectivity index is 0.643. The van der Waals surface area contributed by atoms with Gasteiger partial charge in [-0.1, -0.05) is 24.1 Å². The molecule has 7 aliphatic rings. The van der Waals surface area contributed by atoms with Gasteiger partial charge in [0.25, 0.3) is 0 Å². The van der Waals surface area contributed by atoms with Gasteiger partial charge in [0.1, 0.15) is 28.6 Å². The van der Waals surface area contributed by atoms with Crippen molar-refractivity contribution in [3.8, 4) is 35.4 Å². The number of imide groups is 1. The number of piperazine rings is 1. The van der Waals surface area contributed by atoms with E-state index in [1.54, 1.807) is 6.20 Å². The number of phenolic OH excluding ortho intramolecular Hbond substituents is 1. The van der Waals surface area contributed by atoms with Crippen molar-refractivity contribution in [1.82, 2.24) is 45.2 Å². The molecule has 6 aromatic rings. The first kappa shape index (κ1) is 47.4. The first-order valence-corrected chi connectivity index (χ1v) is 27.1. The highest BCUT2D eigenvalue weighted by Crippen LogP contribution is 2.50. The van der Waals surface area contributed by atoms with E-state index in [2.05, 4.69) is 54.4 Å². The van der Waals surface area contributed by atoms with Gasteiger partial charge in [-0.15, -0.1) is 6.42 Å². The summed E-state index contributed by atoms with van der Waals surface area (Å²) in [5, 5.41) is 23.9. The van der Waals surface area contributed by atoms with Gasteiger partial charge in [0.15, 0.2) is 5.82 Å². The molecule has 3 aromatic carbocycles. The van der Waals surface area contributed by atoms with Crippen LogP contribution in [0, 0.1) is 34.8 Å². The van der Waals surface area contributed by atoms with E-state index in [9.17, 15) is 14.7 Å². The monoisotopic (exact) mass is 1000 g/mol. The number of carbonyl (C=O) groups is 2. The zero-order chi connectivity index (χ0) is 50.5. The van der Waals surface area contributed by atoms with Crippen LogP contribution >= 0.6 is 0 Å². The fourth-order valence-corrected chi connectivity index (χ4v) is 14.1. The fourth-order valence-electron chi connectivity index (χ4n) is 14.1. The van der Waals surface area contributed by atoms with E-state index >= 15 is 8.78 Å². The molecule has 7 fully saturated rings. The van der Waals surface area contributed by atoms with Crippen molar-refractivity contribution in [3.05, 3.63) is 77.1 Å². The van der Waals surface area contributed by atoms with E-state index in [4.69, 9.17) is 26.2 Å². The number of pyridine rings is 1. The Kier molecular flexibility index (Phi) is 11.9. The summed E-state index contributed by atoms with van der Waals surface area (Å²) in [4.78, 5) is 46.4. The first-order valence-electron chi connectivity index (χ1n) is 27.1. The second-order valence-corrected chi connectivity index (χ2v) is 23.1. The van der Waals surface area contributed by atoms with Gasteiger partial charge < -0.3 is 29.9 Å². The maximum atomic E-state index is 17.2. The lowest BCUT2D eigenvalue weighted by atomic mass is 9.66. The average Bonchev–Trinajstić information content (AvgIpc) is 3.99. The summed E-state index contributed by atoms with van der Waals surface area (Å²) < 4.78 is 40.7. The highest BCUT2D eigenvalue weighted by atomic mass is 19.1. The third-order valence-corrected chi connectivity index (χ3v) is 18.6. The minimum Gasteiger partial charge on any atom is -0.508 e. The molecule has 8 heterocycles. The molecule has 3 aromatic heterocycles. The number of aromatic hydroxyl groups is 1. The summed E-state index contributed by atoms with van der Waals surface area (Å²) in [5.74, 6) is 1.22. The van der Waals surface area contributed by atoms with Gasteiger partial charge in [0, 0.05) is 79.2 Å². The van der Waals surface area contributed by atoms with Crippen molar-refractivity contribution < 1.29 is 28.2 Å². The number of phenols is 1. The molecule has 5 saturated heterocycles. The third kappa shape index (κ3) is 8.62. The van der Waals surface area contributed by atoms with Gasteiger partial charge in [0.05, 0.1) is 34.7 Å². The minimum absolute atomic E-state index is 0.0126. The topological polar surface area (TPSA) is 154 Å². The molecule has 3 atom stereocenters. The molecule has 2 amide bonds. The molecular formula is C58H64F2N10O4. The van der Waals surface area contributed by atoms with Gasteiger partial charge in [-0.05, 0) is 156 Å². The Morgan fingerprint density at radius 2 is 1.65 bits per heavy atom. The maximum Gasteiger partial charge on any atom is 0.319 e. The number of aromatic nitrogens is 5. The zero-order valence-corrected chi connectivity index (χ0v) is 42.1. The summed E-state index contributed by atoms with van der Waals surface area (Å²) in [6, 6.07) is 13.7. The van der Waals surface area contributed by atoms with Crippen LogP contribution in [0.4, 0.5) is 14.6 Å². The summed E-state index contributed by atoms with van der Waals surface area (Å²) in [6.07, 6.45) is 22.3. The summed E-state index contributed by atoms with van der Waals surface area (Å²) in [7, 11) is 1.95. The standard InChI is InChI=1S/C58H64F2N10O4/c1-3-41-46(59)10-5-36-26-40(71)28-44(49(36)41)52-50(60)53-45(29-61-52)54(70-30-37-6-7-38(31-70)62-37)65-56(64-53)74-33-58(18-19-58)32-68-24-20-57(21-25-68)16-12-39(13-17-57)69-22-14-34(15-23-69)35-4-8-42-47(27-35)67(2)66-51(42)43-9-11-48(72)63-55(43)73/h1,4-5,8,10,26-29,34,37-39,43,62,71H,6-7,9,11-25,30-33H2,2H3,(H,63,72,73). The number of amides is 2. The first-order chi connectivity index (χ1) is 35.9. The molecule has 0 radical (unpaired) electrons. The molecule has 13 rings (SSSR count). The highest BCUT2D eigenvalue weighted by Gasteiger charge is 2.47. The molecule has 3 unspecified atom stereocenters. The lowest BCUT2D eigenvalue weighted by Gasteiger charge is -2.49. The van der Waals surface area contributed by atoms with Crippen molar-refractivity contribution >= 4 is 50.2 Å². The Morgan fingerprint density at radius 1 is 0.878 bits per heavy atom. The van der Waals surface area contributed by atoms with Gasteiger partial charge in [-0.3, -0.25) is 24.6 Å². The number of likely N-dealkylation sites (tertiary alicyclic amines) is 2. The van der Waals surface area contributed by atoms with Crippen LogP contribution < -0.4 is 20.3 Å². The second-order valence-electron chi connectivity index (χ2n) is 23.1. The summed E-state index contributed by atoms with van der Waals surface area (Å²) in [5.41, 5.74) is 3.70. The lowest BCUT2D eigenvalue weighted by Crippen LogP contribution is -2.51. The number of ether oxygens (including phenoxy) is 1. The summed E-state index contributed by atoms with van der Waals surface area (Å²) in [6.45, 7) is 7.25. The van der Waals surface area contributed by atoms with Crippen molar-refractivity contribution in [3.63, 3.8) is 0 Å². The van der Waals surface area contributed by atoms with Crippen LogP contribution in [-0.4, -0.2) is 122 Å². The number of benzene rings is 3. The molecule has 384 valence electrons. The predicted molar refractivity (Wildman–Crippen MR) is 279 cm³/mol. The van der Waals surface area contributed by atoms with E-state index in [0.29, 0.717) is 70.9 Å². The SMILES string of the molecule is C#Cc1c(F)ccc2cc(O)cc(-c3ncc4c(N5CC6CCC(C5)N6)nc(OCC5(CN6CCC7(CCC(N8CCC(c9ccc%10c(C%11CCC(=O)NC%11=O)nn(C)c%10c9)CC8)CC7)CC6)CC5)nc4c3F)c12. The summed E-state index contributed by atoms with van der Waals surface area (Å²) >= 11 is 0. The quantitative estimate of drug-likeness (QED) is 0.0896. The predicted octanol–water partition coefficient (Wildman–Crippen LogP) is 8.22. The molecular weight excluding hydrogens is 939 g/mol. The molecule has 14 nitrogen and oxygen atoms in total. The van der Waals surface area contributed by atoms with Gasteiger partial charge in [0.2, 0.25) is 11.8 Å². The molecule has 2 aliphatic carbocycles. The number of anilines is 1. The van der Waals surface area contributed by atoms with E-state index in [-0.39, 0.29) is 51.3 Å². The molecule has 1 spiro atoms. The lowest BCUT2D eigenvalue weighted by molar-refractivity contribution is -0.134. The van der Waals surface area contributed by atoms with Crippen LogP contribution in [0.15, 0.2) is 48.7 Å². The van der Waals surface area contributed by atoms with Crippen molar-refractivity contribution in [2.45, 2.75) is 120 Å². The van der Waals surface area contributed by atoms with Crippen LogP contribution in [0.2, 0.25) is 0 Å². The number of aryl methyl sites for hydroxylation is 1. The molecule has 2 bridgehead atoms. The van der Waals surface area contributed by atoms with Crippen LogP contribution in [0.1, 0.15) is 119 Å². The van der Waals surface area contributed by atoms with E-state index < -0.39 is 17.6 Å². The van der Waals surface area contributed by atoms with Gasteiger partial charge in [-0.2, -0.15) is 15.1 Å². The number of carbonyl (C=O) groups excluding carboxylic acids is 2. The Bertz CT molecular complexity index is 3260. The molecule has 74 heavy (non-hydrogen) atoms. The second kappa shape index (κ2) is 18.5. The number of nitrogens with zero attached hydrogens (tertiary/aromatic N) is 8. The van der Waals surface area contributed by atoms with Crippen LogP contribution in [-0.2, 0) is 16.6 Å². The third-order valence-electron chi connectivity index (χ3n) is 18.6. The largest absolute Gasteiger partial charge is 0.508 e. The van der Waals surface area contributed by atoms with Crippen LogP contribution in [0.25, 0.3) is 43.8 Å². The molecule has 2 saturated carbocycles.